The van der Waals surface area contributed by atoms with Crippen LogP contribution in [0.15, 0.2) is 18.3 Å². The highest BCUT2D eigenvalue weighted by molar-refractivity contribution is 5.95. The summed E-state index contributed by atoms with van der Waals surface area (Å²) in [5, 5.41) is 8.94. The number of hydrogen-bond donors (Lipinski definition) is 1. The highest BCUT2D eigenvalue weighted by Crippen LogP contribution is 2.14. The lowest BCUT2D eigenvalue weighted by Gasteiger charge is -2.26. The van der Waals surface area contributed by atoms with E-state index in [1.54, 1.807) is 12.1 Å². The van der Waals surface area contributed by atoms with Gasteiger partial charge in [0, 0.05) is 18.3 Å². The number of carboxylic acid groups (broad SMARTS) is 1. The summed E-state index contributed by atoms with van der Waals surface area (Å²) in [6.07, 6.45) is 2.10. The maximum absolute atomic E-state index is 12.4. The third-order valence-corrected chi connectivity index (χ3v) is 3.03. The molecule has 1 aromatic rings. The van der Waals surface area contributed by atoms with Crippen molar-refractivity contribution in [3.63, 3.8) is 0 Å². The molecule has 0 aliphatic rings. The first kappa shape index (κ1) is 16.9. The van der Waals surface area contributed by atoms with E-state index in [0.717, 1.165) is 0 Å². The molecular weight excluding hydrogens is 272 g/mol. The standard InChI is InChI=1S/C15H22N2O4/c1-5-11(4)17(9-14(18)19)15(20)12-6-7-13(16-8-12)21-10(2)3/h6-8,10-11H,5,9H2,1-4H3,(H,18,19). The number of pyridine rings is 1. The van der Waals surface area contributed by atoms with Gasteiger partial charge in [0.05, 0.1) is 11.7 Å². The van der Waals surface area contributed by atoms with E-state index < -0.39 is 5.97 Å². The number of carbonyl (C=O) groups excluding carboxylic acids is 1. The predicted octanol–water partition coefficient (Wildman–Crippen LogP) is 2.19. The van der Waals surface area contributed by atoms with E-state index in [1.807, 2.05) is 27.7 Å². The zero-order chi connectivity index (χ0) is 16.0. The zero-order valence-corrected chi connectivity index (χ0v) is 12.9. The lowest BCUT2D eigenvalue weighted by molar-refractivity contribution is -0.138. The second kappa shape index (κ2) is 7.61. The van der Waals surface area contributed by atoms with Gasteiger partial charge in [-0.1, -0.05) is 6.92 Å². The summed E-state index contributed by atoms with van der Waals surface area (Å²) in [4.78, 5) is 28.7. The van der Waals surface area contributed by atoms with Crippen molar-refractivity contribution in [1.82, 2.24) is 9.88 Å². The molecule has 1 unspecified atom stereocenters. The summed E-state index contributed by atoms with van der Waals surface area (Å²) in [7, 11) is 0. The molecule has 0 fully saturated rings. The Balaban J connectivity index is 2.90. The number of nitrogens with zero attached hydrogens (tertiary/aromatic N) is 2. The Hall–Kier alpha value is -2.11. The Labute approximate surface area is 124 Å². The van der Waals surface area contributed by atoms with Gasteiger partial charge in [-0.05, 0) is 33.3 Å². The highest BCUT2D eigenvalue weighted by Gasteiger charge is 2.23. The van der Waals surface area contributed by atoms with Crippen LogP contribution in [-0.2, 0) is 4.79 Å². The van der Waals surface area contributed by atoms with Crippen LogP contribution in [-0.4, -0.2) is 45.6 Å². The first-order valence-electron chi connectivity index (χ1n) is 7.00. The van der Waals surface area contributed by atoms with Crippen LogP contribution in [0.1, 0.15) is 44.5 Å². The molecule has 6 heteroatoms. The zero-order valence-electron chi connectivity index (χ0n) is 12.9. The monoisotopic (exact) mass is 294 g/mol. The fraction of sp³-hybridized carbons (Fsp3) is 0.533. The summed E-state index contributed by atoms with van der Waals surface area (Å²) in [6, 6.07) is 3.06. The van der Waals surface area contributed by atoms with Crippen molar-refractivity contribution < 1.29 is 19.4 Å². The van der Waals surface area contributed by atoms with E-state index in [4.69, 9.17) is 9.84 Å². The van der Waals surface area contributed by atoms with Gasteiger partial charge in [-0.2, -0.15) is 0 Å². The van der Waals surface area contributed by atoms with Crippen molar-refractivity contribution in [3.8, 4) is 5.88 Å². The Kier molecular flexibility index (Phi) is 6.14. The van der Waals surface area contributed by atoms with Crippen molar-refractivity contribution in [3.05, 3.63) is 23.9 Å². The van der Waals surface area contributed by atoms with Crippen LogP contribution in [0, 0.1) is 0 Å². The molecule has 116 valence electrons. The minimum Gasteiger partial charge on any atom is -0.480 e. The second-order valence-electron chi connectivity index (χ2n) is 5.14. The van der Waals surface area contributed by atoms with Gasteiger partial charge in [0.2, 0.25) is 5.88 Å². The summed E-state index contributed by atoms with van der Waals surface area (Å²) in [6.45, 7) is 7.18. The van der Waals surface area contributed by atoms with Crippen LogP contribution in [0.25, 0.3) is 0 Å². The van der Waals surface area contributed by atoms with Crippen molar-refractivity contribution in [1.29, 1.82) is 0 Å². The third kappa shape index (κ3) is 5.06. The first-order chi connectivity index (χ1) is 9.85. The van der Waals surface area contributed by atoms with Crippen molar-refractivity contribution >= 4 is 11.9 Å². The molecule has 1 aromatic heterocycles. The smallest absolute Gasteiger partial charge is 0.323 e. The molecule has 0 radical (unpaired) electrons. The average Bonchev–Trinajstić information content (AvgIpc) is 2.43. The van der Waals surface area contributed by atoms with E-state index in [-0.39, 0.29) is 24.6 Å². The molecule has 21 heavy (non-hydrogen) atoms. The molecule has 0 saturated carbocycles. The quantitative estimate of drug-likeness (QED) is 0.834. The molecule has 1 heterocycles. The van der Waals surface area contributed by atoms with Crippen molar-refractivity contribution in [2.24, 2.45) is 0 Å². The number of hydrogen-bond acceptors (Lipinski definition) is 4. The fourth-order valence-corrected chi connectivity index (χ4v) is 1.78. The minimum atomic E-state index is -1.03. The normalized spacial score (nSPS) is 12.0. The van der Waals surface area contributed by atoms with E-state index in [0.29, 0.717) is 17.9 Å². The molecular formula is C15H22N2O4. The highest BCUT2D eigenvalue weighted by atomic mass is 16.5. The van der Waals surface area contributed by atoms with E-state index in [2.05, 4.69) is 4.98 Å². The second-order valence-corrected chi connectivity index (χ2v) is 5.14. The summed E-state index contributed by atoms with van der Waals surface area (Å²) in [5.74, 6) is -0.929. The number of aliphatic carboxylic acids is 1. The summed E-state index contributed by atoms with van der Waals surface area (Å²) >= 11 is 0. The van der Waals surface area contributed by atoms with Crippen molar-refractivity contribution in [2.75, 3.05) is 6.54 Å². The lowest BCUT2D eigenvalue weighted by Crippen LogP contribution is -2.41. The van der Waals surface area contributed by atoms with Crippen LogP contribution >= 0.6 is 0 Å². The van der Waals surface area contributed by atoms with Crippen molar-refractivity contribution in [2.45, 2.75) is 46.3 Å². The van der Waals surface area contributed by atoms with Gasteiger partial charge in [-0.3, -0.25) is 9.59 Å². The Morgan fingerprint density at radius 3 is 2.43 bits per heavy atom. The minimum absolute atomic E-state index is 0.00248. The van der Waals surface area contributed by atoms with Gasteiger partial charge < -0.3 is 14.7 Å². The molecule has 6 nitrogen and oxygen atoms in total. The van der Waals surface area contributed by atoms with Crippen LogP contribution in [0.5, 0.6) is 5.88 Å². The fourth-order valence-electron chi connectivity index (χ4n) is 1.78. The molecule has 1 rings (SSSR count). The topological polar surface area (TPSA) is 79.7 Å². The van der Waals surface area contributed by atoms with Crippen LogP contribution in [0.3, 0.4) is 0 Å². The molecule has 1 atom stereocenters. The number of amides is 1. The number of aromatic nitrogens is 1. The van der Waals surface area contributed by atoms with E-state index in [1.165, 1.54) is 11.1 Å². The average molecular weight is 294 g/mol. The lowest BCUT2D eigenvalue weighted by atomic mass is 10.1. The maximum Gasteiger partial charge on any atom is 0.323 e. The number of rotatable bonds is 7. The SMILES string of the molecule is CCC(C)N(CC(=O)O)C(=O)c1ccc(OC(C)C)nc1. The Morgan fingerprint density at radius 2 is 2.00 bits per heavy atom. The molecule has 0 aromatic carbocycles. The van der Waals surface area contributed by atoms with Crippen LogP contribution in [0.4, 0.5) is 0 Å². The third-order valence-electron chi connectivity index (χ3n) is 3.03. The van der Waals surface area contributed by atoms with Gasteiger partial charge in [0.15, 0.2) is 0 Å². The molecule has 0 spiro atoms. The maximum atomic E-state index is 12.4. The number of ether oxygens (including phenoxy) is 1. The Bertz CT molecular complexity index is 485. The largest absolute Gasteiger partial charge is 0.480 e. The van der Waals surface area contributed by atoms with Gasteiger partial charge >= 0.3 is 5.97 Å². The first-order valence-corrected chi connectivity index (χ1v) is 7.00. The van der Waals surface area contributed by atoms with Gasteiger partial charge in [-0.25, -0.2) is 4.98 Å². The molecule has 0 bridgehead atoms. The van der Waals surface area contributed by atoms with Gasteiger partial charge in [0.1, 0.15) is 6.54 Å². The molecule has 0 saturated heterocycles. The predicted molar refractivity (Wildman–Crippen MR) is 78.4 cm³/mol. The number of carboxylic acids is 1. The van der Waals surface area contributed by atoms with Gasteiger partial charge in [-0.15, -0.1) is 0 Å². The van der Waals surface area contributed by atoms with E-state index >= 15 is 0 Å². The molecule has 0 aliphatic heterocycles. The summed E-state index contributed by atoms with van der Waals surface area (Å²) < 4.78 is 5.41. The van der Waals surface area contributed by atoms with Gasteiger partial charge in [0.25, 0.3) is 5.91 Å². The Morgan fingerprint density at radius 1 is 1.33 bits per heavy atom. The summed E-state index contributed by atoms with van der Waals surface area (Å²) in [5.41, 5.74) is 0.354. The van der Waals surface area contributed by atoms with E-state index in [9.17, 15) is 9.59 Å². The molecule has 0 aliphatic carbocycles. The van der Waals surface area contributed by atoms with Crippen LogP contribution < -0.4 is 4.74 Å². The van der Waals surface area contributed by atoms with Crippen LogP contribution in [0.2, 0.25) is 0 Å². The number of carbonyl (C=O) groups is 2. The molecule has 1 amide bonds. The molecule has 1 N–H and O–H groups in total.